The largest absolute Gasteiger partial charge is 0.395 e. The molecule has 19 heavy (non-hydrogen) atoms. The van der Waals surface area contributed by atoms with Crippen LogP contribution in [0.2, 0.25) is 0 Å². The lowest BCUT2D eigenvalue weighted by molar-refractivity contribution is -0.117. The number of benzene rings is 1. The lowest BCUT2D eigenvalue weighted by Crippen LogP contribution is -2.38. The number of rotatable bonds is 4. The van der Waals surface area contributed by atoms with Gasteiger partial charge in [-0.05, 0) is 50.1 Å². The average Bonchev–Trinajstić information content (AvgIpc) is 2.80. The lowest BCUT2D eigenvalue weighted by Gasteiger charge is -2.22. The zero-order valence-corrected chi connectivity index (χ0v) is 12.6. The van der Waals surface area contributed by atoms with E-state index in [4.69, 9.17) is 0 Å². The molecule has 1 saturated heterocycles. The molecule has 1 heterocycles. The second-order valence-electron chi connectivity index (χ2n) is 4.96. The van der Waals surface area contributed by atoms with Crippen LogP contribution in [-0.4, -0.2) is 41.7 Å². The highest BCUT2D eigenvalue weighted by Gasteiger charge is 2.25. The summed E-state index contributed by atoms with van der Waals surface area (Å²) >= 11 is 3.40. The minimum atomic E-state index is -0.0224. The molecule has 1 aliphatic rings. The Morgan fingerprint density at radius 1 is 1.58 bits per heavy atom. The number of carbonyl (C=O) groups is 1. The first kappa shape index (κ1) is 14.5. The number of halogens is 1. The molecule has 0 spiro atoms. The number of likely N-dealkylation sites (tertiary alicyclic amines) is 1. The first-order valence-corrected chi connectivity index (χ1v) is 7.30. The van der Waals surface area contributed by atoms with Crippen molar-refractivity contribution in [3.05, 3.63) is 28.2 Å². The van der Waals surface area contributed by atoms with Gasteiger partial charge in [0.25, 0.3) is 0 Å². The van der Waals surface area contributed by atoms with Crippen molar-refractivity contribution in [3.8, 4) is 0 Å². The van der Waals surface area contributed by atoms with Gasteiger partial charge in [0.05, 0.1) is 13.2 Å². The molecule has 0 bridgehead atoms. The molecule has 4 nitrogen and oxygen atoms in total. The van der Waals surface area contributed by atoms with Gasteiger partial charge >= 0.3 is 0 Å². The Kier molecular flexibility index (Phi) is 4.96. The highest BCUT2D eigenvalue weighted by Crippen LogP contribution is 2.21. The zero-order chi connectivity index (χ0) is 13.8. The summed E-state index contributed by atoms with van der Waals surface area (Å²) in [7, 11) is 0. The quantitative estimate of drug-likeness (QED) is 0.891. The Bertz CT molecular complexity index is 465. The van der Waals surface area contributed by atoms with E-state index in [9.17, 15) is 9.90 Å². The highest BCUT2D eigenvalue weighted by atomic mass is 79.9. The van der Waals surface area contributed by atoms with Crippen LogP contribution in [0.1, 0.15) is 18.4 Å². The number of anilines is 1. The van der Waals surface area contributed by atoms with Crippen LogP contribution in [0.3, 0.4) is 0 Å². The molecule has 1 amide bonds. The van der Waals surface area contributed by atoms with Crippen LogP contribution in [0, 0.1) is 6.92 Å². The third-order valence-electron chi connectivity index (χ3n) is 3.52. The van der Waals surface area contributed by atoms with E-state index in [1.54, 1.807) is 0 Å². The summed E-state index contributed by atoms with van der Waals surface area (Å²) in [5.41, 5.74) is 1.87. The Morgan fingerprint density at radius 2 is 2.37 bits per heavy atom. The molecule has 2 rings (SSSR count). The third kappa shape index (κ3) is 3.78. The van der Waals surface area contributed by atoms with E-state index in [0.29, 0.717) is 6.54 Å². The zero-order valence-electron chi connectivity index (χ0n) is 11.0. The van der Waals surface area contributed by atoms with Crippen LogP contribution >= 0.6 is 15.9 Å². The first-order chi connectivity index (χ1) is 9.10. The number of hydrogen-bond donors (Lipinski definition) is 2. The van der Waals surface area contributed by atoms with E-state index in [2.05, 4.69) is 21.2 Å². The van der Waals surface area contributed by atoms with Crippen molar-refractivity contribution < 1.29 is 9.90 Å². The Balaban J connectivity index is 1.94. The van der Waals surface area contributed by atoms with Crippen molar-refractivity contribution in [2.24, 2.45) is 0 Å². The number of amides is 1. The van der Waals surface area contributed by atoms with Crippen molar-refractivity contribution in [1.29, 1.82) is 0 Å². The molecule has 0 aliphatic carbocycles. The summed E-state index contributed by atoms with van der Waals surface area (Å²) in [5.74, 6) is -0.0224. The number of carbonyl (C=O) groups excluding carboxylic acids is 1. The van der Waals surface area contributed by atoms with Crippen LogP contribution in [0.15, 0.2) is 22.7 Å². The molecular weight excluding hydrogens is 308 g/mol. The van der Waals surface area contributed by atoms with Gasteiger partial charge in [0, 0.05) is 16.2 Å². The number of hydrogen-bond acceptors (Lipinski definition) is 3. The molecule has 1 atom stereocenters. The average molecular weight is 327 g/mol. The molecule has 0 radical (unpaired) electrons. The van der Waals surface area contributed by atoms with E-state index in [-0.39, 0.29) is 18.6 Å². The Morgan fingerprint density at radius 3 is 3.05 bits per heavy atom. The van der Waals surface area contributed by atoms with E-state index in [0.717, 1.165) is 35.1 Å². The van der Waals surface area contributed by atoms with E-state index < -0.39 is 0 Å². The van der Waals surface area contributed by atoms with Gasteiger partial charge in [-0.3, -0.25) is 9.69 Å². The summed E-state index contributed by atoms with van der Waals surface area (Å²) in [6.45, 7) is 3.33. The maximum Gasteiger partial charge on any atom is 0.238 e. The second kappa shape index (κ2) is 6.50. The third-order valence-corrected chi connectivity index (χ3v) is 4.01. The van der Waals surface area contributed by atoms with Crippen molar-refractivity contribution in [3.63, 3.8) is 0 Å². The number of aryl methyl sites for hydroxylation is 1. The molecule has 0 saturated carbocycles. The van der Waals surface area contributed by atoms with Gasteiger partial charge in [0.2, 0.25) is 5.91 Å². The molecular formula is C14H19BrN2O2. The monoisotopic (exact) mass is 326 g/mol. The van der Waals surface area contributed by atoms with E-state index in [1.165, 1.54) is 0 Å². The number of aliphatic hydroxyl groups excluding tert-OH is 1. The maximum absolute atomic E-state index is 12.0. The van der Waals surface area contributed by atoms with Crippen LogP contribution in [0.4, 0.5) is 5.69 Å². The summed E-state index contributed by atoms with van der Waals surface area (Å²) < 4.78 is 1.00. The SMILES string of the molecule is Cc1cc(Br)ccc1NC(=O)CN1CCC[C@H]1CO. The van der Waals surface area contributed by atoms with Gasteiger partial charge in [-0.1, -0.05) is 15.9 Å². The predicted octanol–water partition coefficient (Wildman–Crippen LogP) is 2.15. The van der Waals surface area contributed by atoms with Crippen molar-refractivity contribution in [2.45, 2.75) is 25.8 Å². The fourth-order valence-electron chi connectivity index (χ4n) is 2.45. The van der Waals surface area contributed by atoms with Gasteiger partial charge in [-0.25, -0.2) is 0 Å². The highest BCUT2D eigenvalue weighted by molar-refractivity contribution is 9.10. The second-order valence-corrected chi connectivity index (χ2v) is 5.87. The lowest BCUT2D eigenvalue weighted by atomic mass is 10.2. The van der Waals surface area contributed by atoms with Gasteiger partial charge in [-0.2, -0.15) is 0 Å². The fourth-order valence-corrected chi connectivity index (χ4v) is 2.93. The van der Waals surface area contributed by atoms with Crippen molar-refractivity contribution in [1.82, 2.24) is 4.90 Å². The molecule has 0 unspecified atom stereocenters. The molecule has 1 aliphatic heterocycles. The number of nitrogens with one attached hydrogen (secondary N) is 1. The Labute approximate surface area is 121 Å². The van der Waals surface area contributed by atoms with Gasteiger partial charge in [0.1, 0.15) is 0 Å². The fraction of sp³-hybridized carbons (Fsp3) is 0.500. The normalized spacial score (nSPS) is 19.6. The van der Waals surface area contributed by atoms with Crippen molar-refractivity contribution in [2.75, 3.05) is 25.0 Å². The van der Waals surface area contributed by atoms with Gasteiger partial charge < -0.3 is 10.4 Å². The minimum Gasteiger partial charge on any atom is -0.395 e. The summed E-state index contributed by atoms with van der Waals surface area (Å²) in [5, 5.41) is 12.2. The smallest absolute Gasteiger partial charge is 0.238 e. The predicted molar refractivity (Wildman–Crippen MR) is 79.2 cm³/mol. The molecule has 1 fully saturated rings. The standard InChI is InChI=1S/C14H19BrN2O2/c1-10-7-11(15)4-5-13(10)16-14(19)8-17-6-2-3-12(17)9-18/h4-5,7,12,18H,2-3,6,8-9H2,1H3,(H,16,19)/t12-/m0/s1. The number of aliphatic hydroxyl groups is 1. The van der Waals surface area contributed by atoms with Crippen LogP contribution in [0.5, 0.6) is 0 Å². The molecule has 1 aromatic carbocycles. The summed E-state index contributed by atoms with van der Waals surface area (Å²) in [4.78, 5) is 14.1. The van der Waals surface area contributed by atoms with Crippen LogP contribution in [0.25, 0.3) is 0 Å². The summed E-state index contributed by atoms with van der Waals surface area (Å²) in [6, 6.07) is 5.92. The minimum absolute atomic E-state index is 0.0224. The molecule has 1 aromatic rings. The van der Waals surface area contributed by atoms with E-state index >= 15 is 0 Å². The maximum atomic E-state index is 12.0. The summed E-state index contributed by atoms with van der Waals surface area (Å²) in [6.07, 6.45) is 2.02. The molecule has 2 N–H and O–H groups in total. The molecule has 104 valence electrons. The van der Waals surface area contributed by atoms with Crippen molar-refractivity contribution >= 4 is 27.5 Å². The topological polar surface area (TPSA) is 52.6 Å². The molecule has 0 aromatic heterocycles. The van der Waals surface area contributed by atoms with Gasteiger partial charge in [-0.15, -0.1) is 0 Å². The van der Waals surface area contributed by atoms with Crippen LogP contribution in [-0.2, 0) is 4.79 Å². The Hall–Kier alpha value is -0.910. The van der Waals surface area contributed by atoms with E-state index in [1.807, 2.05) is 30.0 Å². The van der Waals surface area contributed by atoms with Crippen LogP contribution < -0.4 is 5.32 Å². The molecule has 5 heteroatoms. The van der Waals surface area contributed by atoms with Gasteiger partial charge in [0.15, 0.2) is 0 Å². The first-order valence-electron chi connectivity index (χ1n) is 6.51. The number of nitrogens with zero attached hydrogens (tertiary/aromatic N) is 1.